The van der Waals surface area contributed by atoms with Crippen LogP contribution in [0.5, 0.6) is 0 Å². The van der Waals surface area contributed by atoms with Crippen molar-refractivity contribution < 1.29 is 52.9 Å². The molecule has 1 saturated heterocycles. The molecule has 1 aliphatic heterocycles. The molecule has 1 amide bonds. The number of aliphatic hydroxyl groups is 1. The van der Waals surface area contributed by atoms with Crippen LogP contribution >= 0.6 is 23.2 Å². The Morgan fingerprint density at radius 3 is 1.90 bits per heavy atom. The Labute approximate surface area is 295 Å². The van der Waals surface area contributed by atoms with E-state index in [1.165, 1.54) is 33.1 Å². The molecule has 1 heterocycles. The van der Waals surface area contributed by atoms with Gasteiger partial charge in [0.1, 0.15) is 11.5 Å². The number of ether oxygens (including phenoxy) is 3. The summed E-state index contributed by atoms with van der Waals surface area (Å²) in [5.74, 6) is -3.59. The van der Waals surface area contributed by atoms with Gasteiger partial charge in [-0.25, -0.2) is 14.4 Å². The summed E-state index contributed by atoms with van der Waals surface area (Å²) in [6, 6.07) is 9.90. The Bertz CT molecular complexity index is 1540. The number of allylic oxidation sites excluding steroid dienone is 1. The zero-order valence-electron chi connectivity index (χ0n) is 28.6. The second-order valence-electron chi connectivity index (χ2n) is 11.7. The maximum Gasteiger partial charge on any atom is 0.373 e. The van der Waals surface area contributed by atoms with Crippen molar-refractivity contribution in [1.29, 1.82) is 0 Å². The first-order chi connectivity index (χ1) is 22.7. The van der Waals surface area contributed by atoms with Crippen molar-refractivity contribution in [2.24, 2.45) is 11.8 Å². The number of hydrogen-bond donors (Lipinski definition) is 3. The van der Waals surface area contributed by atoms with Crippen LogP contribution in [-0.4, -0.2) is 53.8 Å². The first kappa shape index (κ1) is 44.3. The van der Waals surface area contributed by atoms with Gasteiger partial charge in [0.05, 0.1) is 19.1 Å². The predicted octanol–water partition coefficient (Wildman–Crippen LogP) is 6.40. The number of methoxy groups -OCH3 is 1. The predicted molar refractivity (Wildman–Crippen MR) is 181 cm³/mol. The highest BCUT2D eigenvalue weighted by atomic mass is 35.5. The van der Waals surface area contributed by atoms with Crippen molar-refractivity contribution >= 4 is 70.3 Å². The Morgan fingerprint density at radius 1 is 0.939 bits per heavy atom. The molecule has 268 valence electrons. The maximum atomic E-state index is 11.7. The molecule has 4 N–H and O–H groups in total. The summed E-state index contributed by atoms with van der Waals surface area (Å²) >= 11 is 11.5. The lowest BCUT2D eigenvalue weighted by Crippen LogP contribution is -2.42. The van der Waals surface area contributed by atoms with Crippen molar-refractivity contribution in [1.82, 2.24) is 0 Å². The lowest BCUT2D eigenvalue weighted by Gasteiger charge is -2.30. The number of amides is 1. The van der Waals surface area contributed by atoms with E-state index < -0.39 is 29.3 Å². The van der Waals surface area contributed by atoms with E-state index in [1.54, 1.807) is 18.2 Å². The highest BCUT2D eigenvalue weighted by Gasteiger charge is 2.41. The molecule has 2 aromatic carbocycles. The van der Waals surface area contributed by atoms with Crippen LogP contribution in [0.1, 0.15) is 76.7 Å². The second kappa shape index (κ2) is 21.3. The third-order valence-corrected chi connectivity index (χ3v) is 6.33. The zero-order valence-corrected chi connectivity index (χ0v) is 30.1. The molecule has 49 heavy (non-hydrogen) atoms. The molecule has 0 bridgehead atoms. The average Bonchev–Trinajstić information content (AvgIpc) is 2.93. The fraction of sp³-hybridized carbons (Fsp3) is 0.412. The number of esters is 3. The number of anilines is 2. The lowest BCUT2D eigenvalue weighted by atomic mass is 10.0. The summed E-state index contributed by atoms with van der Waals surface area (Å²) in [5, 5.41) is 13.4. The second-order valence-corrected chi connectivity index (χ2v) is 12.6. The van der Waals surface area contributed by atoms with Gasteiger partial charge < -0.3 is 30.4 Å². The van der Waals surface area contributed by atoms with Crippen LogP contribution in [0, 0.1) is 18.8 Å². The number of halogens is 2. The molecule has 2 aromatic rings. The molecule has 13 nitrogen and oxygen atoms in total. The number of aliphatic hydroxyl groups excluding tert-OH is 1. The Morgan fingerprint density at radius 2 is 1.43 bits per heavy atom. The summed E-state index contributed by atoms with van der Waals surface area (Å²) in [5.41, 5.74) is 7.36. The first-order valence-corrected chi connectivity index (χ1v) is 15.5. The van der Waals surface area contributed by atoms with E-state index in [0.29, 0.717) is 33.4 Å². The number of hydrogen-bond acceptors (Lipinski definition) is 12. The van der Waals surface area contributed by atoms with Crippen LogP contribution in [-0.2, 0) is 43.0 Å². The van der Waals surface area contributed by atoms with Crippen molar-refractivity contribution in [2.75, 3.05) is 18.2 Å². The van der Waals surface area contributed by atoms with Gasteiger partial charge in [-0.1, -0.05) is 57.0 Å². The minimum absolute atomic E-state index is 0.0396. The van der Waals surface area contributed by atoms with Crippen LogP contribution in [0.4, 0.5) is 11.4 Å². The molecule has 0 aromatic heterocycles. The van der Waals surface area contributed by atoms with Gasteiger partial charge in [0.25, 0.3) is 5.79 Å². The molecular weight excluding hydrogens is 683 g/mol. The monoisotopic (exact) mass is 724 g/mol. The van der Waals surface area contributed by atoms with Crippen LogP contribution in [0.2, 0.25) is 10.0 Å². The minimum Gasteiger partial charge on any atom is -0.511 e. The smallest absolute Gasteiger partial charge is 0.373 e. The van der Waals surface area contributed by atoms with E-state index in [2.05, 4.69) is 10.1 Å². The van der Waals surface area contributed by atoms with E-state index in [-0.39, 0.29) is 48.3 Å². The number of rotatable bonds is 8. The van der Waals surface area contributed by atoms with E-state index in [9.17, 15) is 29.1 Å². The minimum atomic E-state index is -1.27. The third kappa shape index (κ3) is 17.3. The highest BCUT2D eigenvalue weighted by molar-refractivity contribution is 6.31. The summed E-state index contributed by atoms with van der Waals surface area (Å²) in [7, 11) is 1.30. The van der Waals surface area contributed by atoms with Crippen molar-refractivity contribution in [3.63, 3.8) is 0 Å². The zero-order chi connectivity index (χ0) is 38.1. The molecule has 0 radical (unpaired) electrons. The number of Topliss-reactive ketones (excluding diaryl/α,β-unsaturated/α-hetero) is 1. The molecule has 15 heteroatoms. The fourth-order valence-corrected chi connectivity index (χ4v) is 4.19. The molecule has 0 aliphatic carbocycles. The number of benzene rings is 2. The number of nitrogen functional groups attached to an aromatic ring is 1. The third-order valence-electron chi connectivity index (χ3n) is 5.86. The van der Waals surface area contributed by atoms with Crippen LogP contribution in [0.3, 0.4) is 0 Å². The number of nitrogens with two attached hydrogens (primary N) is 1. The standard InChI is InChI=1S/C14H18ClNO2.C11H16O5.C8H8ClNO2.CO2/c1-9(2)6-12(17)8-14(18)16-13-7-11(15)5-4-10(13)3;1-6(2)5-7(12)8-9(13)15-11(3,4)16-10(8)14;1-12-8(11)6-3-2-5(9)4-7(6)10;2-1-3/h4-5,7,9H,6,8H2,1-3H3,(H,16,18);6,12H,5H2,1-4H3;2-4H,10H2,1H3;. The molecule has 1 fully saturated rings. The molecule has 1 aliphatic rings. The Balaban J connectivity index is 0.000000688. The lowest BCUT2D eigenvalue weighted by molar-refractivity contribution is -0.222. The molecule has 0 spiro atoms. The van der Waals surface area contributed by atoms with Gasteiger partial charge in [0.15, 0.2) is 5.57 Å². The van der Waals surface area contributed by atoms with Crippen molar-refractivity contribution in [2.45, 2.75) is 73.5 Å². The van der Waals surface area contributed by atoms with Crippen molar-refractivity contribution in [3.05, 3.63) is 68.9 Å². The molecule has 0 saturated carbocycles. The van der Waals surface area contributed by atoms with Gasteiger partial charge in [0.2, 0.25) is 5.91 Å². The van der Waals surface area contributed by atoms with Gasteiger partial charge in [0, 0.05) is 48.1 Å². The van der Waals surface area contributed by atoms with Gasteiger partial charge in [-0.2, -0.15) is 9.59 Å². The number of ketones is 1. The molecule has 3 rings (SSSR count). The van der Waals surface area contributed by atoms with Gasteiger partial charge in [-0.3, -0.25) is 9.59 Å². The van der Waals surface area contributed by atoms with Crippen LogP contribution in [0.15, 0.2) is 47.7 Å². The quantitative estimate of drug-likeness (QED) is 0.0675. The van der Waals surface area contributed by atoms with Crippen LogP contribution < -0.4 is 11.1 Å². The van der Waals surface area contributed by atoms with E-state index in [1.807, 2.05) is 40.7 Å². The van der Waals surface area contributed by atoms with Gasteiger partial charge >= 0.3 is 24.1 Å². The maximum absolute atomic E-state index is 11.7. The fourth-order valence-electron chi connectivity index (χ4n) is 3.84. The highest BCUT2D eigenvalue weighted by Crippen LogP contribution is 2.26. The van der Waals surface area contributed by atoms with Crippen molar-refractivity contribution in [3.8, 4) is 0 Å². The molecular formula is C34H42Cl2N2O11. The number of carbonyl (C=O) groups excluding carboxylic acids is 7. The normalized spacial score (nSPS) is 12.7. The van der Waals surface area contributed by atoms with Gasteiger partial charge in [-0.15, -0.1) is 0 Å². The summed E-state index contributed by atoms with van der Waals surface area (Å²) in [6.07, 6.45) is 0.839. The van der Waals surface area contributed by atoms with Crippen LogP contribution in [0.25, 0.3) is 0 Å². The number of cyclic esters (lactones) is 2. The summed E-state index contributed by atoms with van der Waals surface area (Å²) in [6.45, 7) is 12.4. The number of nitrogens with one attached hydrogen (secondary N) is 1. The number of carbonyl (C=O) groups is 5. The average molecular weight is 726 g/mol. The van der Waals surface area contributed by atoms with E-state index in [4.69, 9.17) is 48.0 Å². The summed E-state index contributed by atoms with van der Waals surface area (Å²) in [4.78, 5) is 73.5. The van der Waals surface area contributed by atoms with E-state index in [0.717, 1.165) is 5.56 Å². The Hall–Kier alpha value is -4.71. The SMILES string of the molecule is CC(C)CC(O)=C1C(=O)OC(C)(C)OC1=O.COC(=O)c1ccc(Cl)cc1N.Cc1ccc(Cl)cc1NC(=O)CC(=O)CC(C)C.O=C=O. The first-order valence-electron chi connectivity index (χ1n) is 14.8. The molecule has 0 unspecified atom stereocenters. The number of aryl methyl sites for hydroxylation is 1. The largest absolute Gasteiger partial charge is 0.511 e. The van der Waals surface area contributed by atoms with E-state index >= 15 is 0 Å². The summed E-state index contributed by atoms with van der Waals surface area (Å²) < 4.78 is 14.2. The topological polar surface area (TPSA) is 205 Å². The molecule has 0 atom stereocenters. The van der Waals surface area contributed by atoms with Gasteiger partial charge in [-0.05, 0) is 54.7 Å². The Kier molecular flexibility index (Phi) is 19.3.